The highest BCUT2D eigenvalue weighted by Crippen LogP contribution is 2.38. The van der Waals surface area contributed by atoms with Gasteiger partial charge in [-0.2, -0.15) is 0 Å². The Morgan fingerprint density at radius 2 is 1.78 bits per heavy atom. The SMILES string of the molecule is C[C@H](C/C=C/C[C@H]1OC(C)(C)OC[C@@H]1CO[Si](C)(C)C(C)(C)C)CCOC(=O)C(C)(C)C. The maximum Gasteiger partial charge on any atom is 0.311 e. The van der Waals surface area contributed by atoms with Gasteiger partial charge in [-0.15, -0.1) is 0 Å². The van der Waals surface area contributed by atoms with Crippen molar-refractivity contribution in [3.05, 3.63) is 12.2 Å². The van der Waals surface area contributed by atoms with Crippen LogP contribution in [0.5, 0.6) is 0 Å². The van der Waals surface area contributed by atoms with Crippen LogP contribution in [0.1, 0.15) is 81.6 Å². The molecule has 0 bridgehead atoms. The molecule has 1 saturated heterocycles. The van der Waals surface area contributed by atoms with E-state index in [1.54, 1.807) is 0 Å². The Morgan fingerprint density at radius 3 is 2.34 bits per heavy atom. The lowest BCUT2D eigenvalue weighted by atomic mass is 9.97. The second-order valence-corrected chi connectivity index (χ2v) is 17.2. The predicted molar refractivity (Wildman–Crippen MR) is 134 cm³/mol. The molecule has 0 radical (unpaired) electrons. The minimum Gasteiger partial charge on any atom is -0.465 e. The topological polar surface area (TPSA) is 54.0 Å². The molecule has 32 heavy (non-hydrogen) atoms. The zero-order chi connectivity index (χ0) is 24.8. The van der Waals surface area contributed by atoms with E-state index in [2.05, 4.69) is 52.9 Å². The second-order valence-electron chi connectivity index (χ2n) is 12.4. The van der Waals surface area contributed by atoms with Gasteiger partial charge in [0.15, 0.2) is 14.1 Å². The average molecular weight is 471 g/mol. The maximum absolute atomic E-state index is 11.9. The first-order valence-corrected chi connectivity index (χ1v) is 15.1. The van der Waals surface area contributed by atoms with Crippen LogP contribution in [-0.4, -0.2) is 46.0 Å². The van der Waals surface area contributed by atoms with E-state index in [0.29, 0.717) is 25.7 Å². The summed E-state index contributed by atoms with van der Waals surface area (Å²) in [5, 5.41) is 0.190. The second kappa shape index (κ2) is 11.6. The Kier molecular flexibility index (Phi) is 10.7. The fourth-order valence-electron chi connectivity index (χ4n) is 3.08. The van der Waals surface area contributed by atoms with Crippen molar-refractivity contribution in [1.82, 2.24) is 0 Å². The molecule has 3 atom stereocenters. The third-order valence-electron chi connectivity index (χ3n) is 6.60. The average Bonchev–Trinajstić information content (AvgIpc) is 2.62. The summed E-state index contributed by atoms with van der Waals surface area (Å²) in [7, 11) is -1.81. The summed E-state index contributed by atoms with van der Waals surface area (Å²) < 4.78 is 24.1. The van der Waals surface area contributed by atoms with Crippen LogP contribution < -0.4 is 0 Å². The first-order valence-electron chi connectivity index (χ1n) is 12.2. The Bertz CT molecular complexity index is 613. The lowest BCUT2D eigenvalue weighted by Gasteiger charge is -2.43. The smallest absolute Gasteiger partial charge is 0.311 e. The number of ether oxygens (including phenoxy) is 3. The molecule has 6 heteroatoms. The molecule has 5 nitrogen and oxygen atoms in total. The van der Waals surface area contributed by atoms with Gasteiger partial charge in [0.25, 0.3) is 0 Å². The summed E-state index contributed by atoms with van der Waals surface area (Å²) in [6.07, 6.45) is 7.23. The Balaban J connectivity index is 2.52. The van der Waals surface area contributed by atoms with E-state index >= 15 is 0 Å². The summed E-state index contributed by atoms with van der Waals surface area (Å²) in [5.41, 5.74) is -0.439. The first kappa shape index (κ1) is 29.3. The number of hydrogen-bond acceptors (Lipinski definition) is 5. The number of hydrogen-bond donors (Lipinski definition) is 0. The van der Waals surface area contributed by atoms with Crippen molar-refractivity contribution in [2.24, 2.45) is 17.3 Å². The maximum atomic E-state index is 11.9. The van der Waals surface area contributed by atoms with Crippen molar-refractivity contribution < 1.29 is 23.4 Å². The van der Waals surface area contributed by atoms with Crippen molar-refractivity contribution in [1.29, 1.82) is 0 Å². The molecule has 0 aliphatic carbocycles. The molecule has 0 spiro atoms. The van der Waals surface area contributed by atoms with Gasteiger partial charge in [-0.1, -0.05) is 39.8 Å². The molecule has 1 rings (SSSR count). The van der Waals surface area contributed by atoms with Crippen LogP contribution in [0.3, 0.4) is 0 Å². The normalized spacial score (nSPS) is 23.3. The van der Waals surface area contributed by atoms with Gasteiger partial charge in [0.2, 0.25) is 0 Å². The minimum absolute atomic E-state index is 0.0859. The van der Waals surface area contributed by atoms with Gasteiger partial charge < -0.3 is 18.6 Å². The third kappa shape index (κ3) is 10.1. The number of carbonyl (C=O) groups is 1. The highest BCUT2D eigenvalue weighted by atomic mass is 28.4. The summed E-state index contributed by atoms with van der Waals surface area (Å²) in [5.74, 6) is 0.00114. The van der Waals surface area contributed by atoms with Crippen molar-refractivity contribution in [3.63, 3.8) is 0 Å². The van der Waals surface area contributed by atoms with Crippen LogP contribution in [0.15, 0.2) is 12.2 Å². The van der Waals surface area contributed by atoms with Crippen molar-refractivity contribution >= 4 is 14.3 Å². The van der Waals surface area contributed by atoms with E-state index in [1.807, 2.05) is 34.6 Å². The van der Waals surface area contributed by atoms with Crippen LogP contribution >= 0.6 is 0 Å². The Labute approximate surface area is 198 Å². The number of rotatable bonds is 10. The highest BCUT2D eigenvalue weighted by Gasteiger charge is 2.40. The molecule has 0 aromatic carbocycles. The van der Waals surface area contributed by atoms with Gasteiger partial charge in [-0.3, -0.25) is 4.79 Å². The minimum atomic E-state index is -1.81. The van der Waals surface area contributed by atoms with Crippen molar-refractivity contribution in [2.75, 3.05) is 19.8 Å². The molecule has 1 fully saturated rings. The van der Waals surface area contributed by atoms with Crippen LogP contribution in [-0.2, 0) is 23.4 Å². The van der Waals surface area contributed by atoms with E-state index in [1.165, 1.54) is 0 Å². The fourth-order valence-corrected chi connectivity index (χ4v) is 4.15. The molecule has 1 aliphatic heterocycles. The van der Waals surface area contributed by atoms with E-state index in [0.717, 1.165) is 19.3 Å². The third-order valence-corrected chi connectivity index (χ3v) is 11.1. The summed E-state index contributed by atoms with van der Waals surface area (Å²) in [6.45, 7) is 25.0. The Morgan fingerprint density at radius 1 is 1.16 bits per heavy atom. The van der Waals surface area contributed by atoms with Crippen LogP contribution in [0.4, 0.5) is 0 Å². The van der Waals surface area contributed by atoms with Crippen molar-refractivity contribution in [2.45, 2.75) is 112 Å². The molecular weight excluding hydrogens is 420 g/mol. The zero-order valence-corrected chi connectivity index (χ0v) is 23.7. The molecular formula is C26H50O5Si. The number of carbonyl (C=O) groups excluding carboxylic acids is 1. The molecule has 0 aromatic heterocycles. The quantitative estimate of drug-likeness (QED) is 0.201. The number of esters is 1. The monoisotopic (exact) mass is 470 g/mol. The first-order chi connectivity index (χ1) is 14.4. The summed E-state index contributed by atoms with van der Waals surface area (Å²) in [6, 6.07) is 0. The van der Waals surface area contributed by atoms with Crippen LogP contribution in [0.25, 0.3) is 0 Å². The van der Waals surface area contributed by atoms with E-state index in [9.17, 15) is 4.79 Å². The van der Waals surface area contributed by atoms with E-state index < -0.39 is 19.5 Å². The van der Waals surface area contributed by atoms with Gasteiger partial charge in [0.1, 0.15) is 0 Å². The molecule has 1 aliphatic rings. The summed E-state index contributed by atoms with van der Waals surface area (Å²) >= 11 is 0. The lowest BCUT2D eigenvalue weighted by Crippen LogP contribution is -2.49. The molecule has 1 heterocycles. The van der Waals surface area contributed by atoms with Gasteiger partial charge >= 0.3 is 5.97 Å². The van der Waals surface area contributed by atoms with Crippen LogP contribution in [0.2, 0.25) is 18.1 Å². The standard InChI is InChI=1S/C26H50O5Si/c1-20(16-17-28-23(27)24(2,3)4)14-12-13-15-22-21(18-29-26(8,9)31-22)19-30-32(10,11)25(5,6)7/h12-13,20-22H,14-19H2,1-11H3/b13-12+/t20-,21-,22-/m1/s1. The molecule has 188 valence electrons. The molecule has 0 unspecified atom stereocenters. The highest BCUT2D eigenvalue weighted by molar-refractivity contribution is 6.74. The van der Waals surface area contributed by atoms with E-state index in [4.69, 9.17) is 18.6 Å². The largest absolute Gasteiger partial charge is 0.465 e. The van der Waals surface area contributed by atoms with Gasteiger partial charge in [0.05, 0.1) is 24.7 Å². The van der Waals surface area contributed by atoms with Crippen LogP contribution in [0, 0.1) is 17.3 Å². The zero-order valence-electron chi connectivity index (χ0n) is 22.7. The van der Waals surface area contributed by atoms with E-state index in [-0.39, 0.29) is 23.0 Å². The molecule has 0 aromatic rings. The predicted octanol–water partition coefficient (Wildman–Crippen LogP) is 6.73. The fraction of sp³-hybridized carbons (Fsp3) is 0.885. The Hall–Kier alpha value is -0.693. The van der Waals surface area contributed by atoms with Gasteiger partial charge in [-0.25, -0.2) is 0 Å². The number of allylic oxidation sites excluding steroid dienone is 1. The van der Waals surface area contributed by atoms with Gasteiger partial charge in [-0.05, 0) is 77.9 Å². The summed E-state index contributed by atoms with van der Waals surface area (Å²) in [4.78, 5) is 11.9. The van der Waals surface area contributed by atoms with Gasteiger partial charge in [0, 0.05) is 12.5 Å². The molecule has 0 N–H and O–H groups in total. The molecule has 0 saturated carbocycles. The molecule has 0 amide bonds. The lowest BCUT2D eigenvalue weighted by molar-refractivity contribution is -0.294. The van der Waals surface area contributed by atoms with Crippen molar-refractivity contribution in [3.8, 4) is 0 Å².